The lowest BCUT2D eigenvalue weighted by Gasteiger charge is -2.20. The summed E-state index contributed by atoms with van der Waals surface area (Å²) >= 11 is 0. The number of hydrogen-bond donors (Lipinski definition) is 4. The van der Waals surface area contributed by atoms with E-state index in [4.69, 9.17) is 16.0 Å². The molecule has 0 saturated carbocycles. The summed E-state index contributed by atoms with van der Waals surface area (Å²) in [6.07, 6.45) is -1.17. The van der Waals surface area contributed by atoms with Crippen molar-refractivity contribution < 1.29 is 18.1 Å². The Labute approximate surface area is 154 Å². The predicted molar refractivity (Wildman–Crippen MR) is 106 cm³/mol. The van der Waals surface area contributed by atoms with Gasteiger partial charge in [0, 0.05) is 17.8 Å². The third kappa shape index (κ3) is 4.35. The van der Waals surface area contributed by atoms with Gasteiger partial charge in [0.05, 0.1) is 6.10 Å². The van der Waals surface area contributed by atoms with Crippen LogP contribution in [-0.2, 0) is 16.5 Å². The van der Waals surface area contributed by atoms with E-state index < -0.39 is 22.0 Å². The maximum atomic E-state index is 11.1. The van der Waals surface area contributed by atoms with Crippen molar-refractivity contribution in [2.75, 3.05) is 17.2 Å². The molecule has 142 valence electrons. The summed E-state index contributed by atoms with van der Waals surface area (Å²) in [5.41, 5.74) is 19.7. The Kier molecular flexibility index (Phi) is 5.65. The van der Waals surface area contributed by atoms with Crippen molar-refractivity contribution in [2.24, 2.45) is 0 Å². The van der Waals surface area contributed by atoms with Crippen LogP contribution in [0.3, 0.4) is 0 Å². The molecule has 0 aliphatic heterocycles. The molecule has 0 fully saturated rings. The van der Waals surface area contributed by atoms with Gasteiger partial charge < -0.3 is 16.6 Å². The highest BCUT2D eigenvalue weighted by atomic mass is 32.2. The maximum Gasteiger partial charge on any atom is 0.267 e. The molecule has 7 heteroatoms. The Bertz CT molecular complexity index is 929. The lowest BCUT2D eigenvalue weighted by molar-refractivity contribution is 0.195. The minimum absolute atomic E-state index is 0.0634. The van der Waals surface area contributed by atoms with Crippen LogP contribution in [0.1, 0.15) is 27.8 Å². The van der Waals surface area contributed by atoms with Crippen LogP contribution in [0.4, 0.5) is 11.4 Å². The highest BCUT2D eigenvalue weighted by Crippen LogP contribution is 2.35. The van der Waals surface area contributed by atoms with E-state index in [-0.39, 0.29) is 6.42 Å². The number of benzene rings is 2. The second-order valence-electron chi connectivity index (χ2n) is 6.89. The van der Waals surface area contributed by atoms with Crippen molar-refractivity contribution in [1.82, 2.24) is 0 Å². The van der Waals surface area contributed by atoms with Gasteiger partial charge in [-0.15, -0.1) is 0 Å². The molecule has 6 nitrogen and oxygen atoms in total. The molecule has 0 radical (unpaired) electrons. The molecule has 0 heterocycles. The fourth-order valence-electron chi connectivity index (χ4n) is 3.23. The normalized spacial score (nSPS) is 13.0. The second kappa shape index (κ2) is 7.26. The first kappa shape index (κ1) is 20.2. The van der Waals surface area contributed by atoms with Gasteiger partial charge in [0.25, 0.3) is 10.1 Å². The van der Waals surface area contributed by atoms with Crippen LogP contribution in [0.5, 0.6) is 0 Å². The smallest absolute Gasteiger partial charge is 0.267 e. The minimum Gasteiger partial charge on any atom is -0.398 e. The van der Waals surface area contributed by atoms with Crippen LogP contribution < -0.4 is 11.5 Å². The predicted octanol–water partition coefficient (Wildman–Crippen LogP) is 2.54. The highest BCUT2D eigenvalue weighted by molar-refractivity contribution is 7.85. The molecule has 1 atom stereocenters. The number of nitrogens with two attached hydrogens (primary N) is 2. The van der Waals surface area contributed by atoms with Gasteiger partial charge in [-0.25, -0.2) is 0 Å². The lowest BCUT2D eigenvalue weighted by Crippen LogP contribution is -2.23. The summed E-state index contributed by atoms with van der Waals surface area (Å²) in [7, 11) is -4.27. The van der Waals surface area contributed by atoms with Crippen molar-refractivity contribution in [3.63, 3.8) is 0 Å². The van der Waals surface area contributed by atoms with E-state index in [1.807, 2.05) is 45.9 Å². The molecular weight excluding hydrogens is 352 g/mol. The largest absolute Gasteiger partial charge is 0.398 e. The number of aliphatic hydroxyl groups excluding tert-OH is 1. The molecular formula is C19H26N2O4S. The summed E-state index contributed by atoms with van der Waals surface area (Å²) in [4.78, 5) is 0. The third-order valence-electron chi connectivity index (χ3n) is 4.71. The quantitative estimate of drug-likeness (QED) is 0.468. The van der Waals surface area contributed by atoms with Crippen molar-refractivity contribution in [3.05, 3.63) is 46.0 Å². The molecule has 6 N–H and O–H groups in total. The second-order valence-corrected chi connectivity index (χ2v) is 8.39. The fraction of sp³-hybridized carbons (Fsp3) is 0.368. The SMILES string of the molecule is Cc1cc(-c2cc(C)c(N)c(C)c2CC(O)CS(=O)(=O)O)cc(C)c1N. The van der Waals surface area contributed by atoms with Crippen LogP contribution in [0, 0.1) is 27.7 Å². The van der Waals surface area contributed by atoms with Crippen molar-refractivity contribution >= 4 is 21.5 Å². The van der Waals surface area contributed by atoms with E-state index in [1.165, 1.54) is 0 Å². The zero-order chi connectivity index (χ0) is 19.8. The Morgan fingerprint density at radius 3 is 1.96 bits per heavy atom. The van der Waals surface area contributed by atoms with E-state index in [2.05, 4.69) is 0 Å². The van der Waals surface area contributed by atoms with Gasteiger partial charge >= 0.3 is 0 Å². The Hall–Kier alpha value is -2.09. The lowest BCUT2D eigenvalue weighted by atomic mass is 9.88. The van der Waals surface area contributed by atoms with Crippen LogP contribution in [0.15, 0.2) is 18.2 Å². The Morgan fingerprint density at radius 1 is 0.962 bits per heavy atom. The van der Waals surface area contributed by atoms with E-state index in [0.717, 1.165) is 44.6 Å². The van der Waals surface area contributed by atoms with Crippen LogP contribution in [-0.4, -0.2) is 29.9 Å². The first-order valence-corrected chi connectivity index (χ1v) is 9.90. The zero-order valence-electron chi connectivity index (χ0n) is 15.5. The molecule has 26 heavy (non-hydrogen) atoms. The van der Waals surface area contributed by atoms with Crippen molar-refractivity contribution in [2.45, 2.75) is 40.2 Å². The number of rotatable bonds is 5. The molecule has 0 spiro atoms. The summed E-state index contributed by atoms with van der Waals surface area (Å²) in [6.45, 7) is 7.60. The summed E-state index contributed by atoms with van der Waals surface area (Å²) < 4.78 is 31.2. The number of nitrogen functional groups attached to an aromatic ring is 2. The molecule has 0 amide bonds. The van der Waals surface area contributed by atoms with Gasteiger partial charge in [-0.1, -0.05) is 0 Å². The minimum atomic E-state index is -4.27. The van der Waals surface area contributed by atoms with E-state index in [9.17, 15) is 13.5 Å². The van der Waals surface area contributed by atoms with E-state index >= 15 is 0 Å². The molecule has 0 bridgehead atoms. The molecule has 0 aliphatic rings. The number of anilines is 2. The maximum absolute atomic E-state index is 11.1. The monoisotopic (exact) mass is 378 g/mol. The van der Waals surface area contributed by atoms with Gasteiger partial charge in [-0.2, -0.15) is 8.42 Å². The van der Waals surface area contributed by atoms with E-state index in [0.29, 0.717) is 5.69 Å². The first-order valence-electron chi connectivity index (χ1n) is 8.29. The van der Waals surface area contributed by atoms with Crippen molar-refractivity contribution in [3.8, 4) is 11.1 Å². The van der Waals surface area contributed by atoms with Gasteiger partial charge in [-0.05, 0) is 84.8 Å². The molecule has 1 unspecified atom stereocenters. The number of hydrogen-bond acceptors (Lipinski definition) is 5. The average Bonchev–Trinajstić information content (AvgIpc) is 2.50. The molecule has 2 aromatic rings. The van der Waals surface area contributed by atoms with E-state index in [1.54, 1.807) is 0 Å². The molecule has 0 saturated heterocycles. The average molecular weight is 378 g/mol. The summed E-state index contributed by atoms with van der Waals surface area (Å²) in [5.74, 6) is -0.723. The van der Waals surface area contributed by atoms with Crippen LogP contribution in [0.2, 0.25) is 0 Å². The van der Waals surface area contributed by atoms with Gasteiger partial charge in [0.1, 0.15) is 5.75 Å². The number of aliphatic hydroxyl groups is 1. The molecule has 0 aliphatic carbocycles. The first-order chi connectivity index (χ1) is 11.9. The van der Waals surface area contributed by atoms with Gasteiger partial charge in [0.2, 0.25) is 0 Å². The van der Waals surface area contributed by atoms with Crippen LogP contribution in [0.25, 0.3) is 11.1 Å². The summed E-state index contributed by atoms with van der Waals surface area (Å²) in [5, 5.41) is 10.1. The van der Waals surface area contributed by atoms with Gasteiger partial charge in [0.15, 0.2) is 0 Å². The third-order valence-corrected chi connectivity index (χ3v) is 5.52. The Balaban J connectivity index is 2.62. The molecule has 2 aromatic carbocycles. The van der Waals surface area contributed by atoms with Gasteiger partial charge in [-0.3, -0.25) is 4.55 Å². The topological polar surface area (TPSA) is 127 Å². The zero-order valence-corrected chi connectivity index (χ0v) is 16.3. The van der Waals surface area contributed by atoms with Crippen LogP contribution >= 0.6 is 0 Å². The number of aryl methyl sites for hydroxylation is 3. The fourth-order valence-corrected chi connectivity index (χ4v) is 3.83. The van der Waals surface area contributed by atoms with Crippen molar-refractivity contribution in [1.29, 1.82) is 0 Å². The molecule has 0 aromatic heterocycles. The Morgan fingerprint density at radius 2 is 1.46 bits per heavy atom. The molecule has 2 rings (SSSR count). The summed E-state index contributed by atoms with van der Waals surface area (Å²) in [6, 6.07) is 5.86. The standard InChI is InChI=1S/C19H26N2O4S/c1-10-5-14(6-11(2)18(10)20)17-7-12(3)19(21)13(4)16(17)8-15(22)9-26(23,24)25/h5-7,15,22H,8-9,20-21H2,1-4H3,(H,23,24,25). The highest BCUT2D eigenvalue weighted by Gasteiger charge is 2.20.